The first kappa shape index (κ1) is 20.8. The van der Waals surface area contributed by atoms with Crippen molar-refractivity contribution in [1.29, 1.82) is 0 Å². The maximum absolute atomic E-state index is 12.0. The van der Waals surface area contributed by atoms with Crippen LogP contribution in [0.15, 0.2) is 24.3 Å². The lowest BCUT2D eigenvalue weighted by Gasteiger charge is -2.19. The molecule has 0 spiro atoms. The third-order valence-corrected chi connectivity index (χ3v) is 4.47. The zero-order valence-electron chi connectivity index (χ0n) is 14.7. The van der Waals surface area contributed by atoms with Crippen LogP contribution in [0.2, 0.25) is 0 Å². The fraction of sp³-hybridized carbons (Fsp3) is 0.471. The number of nitrogens with zero attached hydrogens (tertiary/aromatic N) is 1. The van der Waals surface area contributed by atoms with Gasteiger partial charge in [0.25, 0.3) is 0 Å². The Morgan fingerprint density at radius 3 is 2.24 bits per heavy atom. The van der Waals surface area contributed by atoms with Crippen molar-refractivity contribution in [3.63, 3.8) is 0 Å². The third-order valence-electron chi connectivity index (χ3n) is 3.55. The molecule has 0 aliphatic heterocycles. The van der Waals surface area contributed by atoms with Crippen molar-refractivity contribution in [1.82, 2.24) is 10.2 Å². The van der Waals surface area contributed by atoms with E-state index >= 15 is 0 Å². The minimum atomic E-state index is -0.937. The topological polar surface area (TPSA) is 98.7 Å². The molecule has 0 saturated heterocycles. The lowest BCUT2D eigenvalue weighted by Crippen LogP contribution is -2.34. The van der Waals surface area contributed by atoms with E-state index in [0.29, 0.717) is 18.8 Å². The number of hydrogen-bond donors (Lipinski definition) is 3. The number of carboxylic acid groups (broad SMARTS) is 1. The zero-order chi connectivity index (χ0) is 18.8. The first-order valence-corrected chi connectivity index (χ1v) is 9.27. The Hall–Kier alpha value is -2.22. The molecule has 1 atom stereocenters. The molecule has 3 amide bonds. The monoisotopic (exact) mass is 367 g/mol. The number of carboxylic acids is 1. The van der Waals surface area contributed by atoms with Crippen molar-refractivity contribution >= 4 is 35.4 Å². The molecule has 138 valence electrons. The quantitative estimate of drug-likeness (QED) is 0.623. The molecular weight excluding hydrogens is 342 g/mol. The van der Waals surface area contributed by atoms with E-state index in [1.54, 1.807) is 17.0 Å². The summed E-state index contributed by atoms with van der Waals surface area (Å²) in [6, 6.07) is 6.91. The van der Waals surface area contributed by atoms with Gasteiger partial charge in [0.1, 0.15) is 0 Å². The summed E-state index contributed by atoms with van der Waals surface area (Å²) in [6.45, 7) is 6.98. The number of benzene rings is 1. The third kappa shape index (κ3) is 7.47. The minimum absolute atomic E-state index is 0.0945. The Morgan fingerprint density at radius 1 is 1.12 bits per heavy atom. The number of thioether (sulfide) groups is 1. The number of nitrogens with one attached hydrogen (secondary N) is 2. The van der Waals surface area contributed by atoms with Gasteiger partial charge in [-0.15, -0.1) is 11.8 Å². The van der Waals surface area contributed by atoms with Gasteiger partial charge < -0.3 is 20.6 Å². The Kier molecular flexibility index (Phi) is 8.83. The van der Waals surface area contributed by atoms with Gasteiger partial charge in [-0.05, 0) is 38.5 Å². The summed E-state index contributed by atoms with van der Waals surface area (Å²) in [7, 11) is 0. The van der Waals surface area contributed by atoms with E-state index < -0.39 is 5.97 Å². The van der Waals surface area contributed by atoms with Crippen LogP contribution in [0.4, 0.5) is 10.5 Å². The Morgan fingerprint density at radius 2 is 1.72 bits per heavy atom. The second kappa shape index (κ2) is 10.6. The fourth-order valence-corrected chi connectivity index (χ4v) is 2.71. The molecule has 0 aromatic heterocycles. The van der Waals surface area contributed by atoms with Gasteiger partial charge in [0.2, 0.25) is 5.91 Å². The second-order valence-electron chi connectivity index (χ2n) is 5.40. The van der Waals surface area contributed by atoms with Crippen LogP contribution in [0, 0.1) is 0 Å². The molecular formula is C17H25N3O4S. The zero-order valence-corrected chi connectivity index (χ0v) is 15.6. The van der Waals surface area contributed by atoms with Crippen molar-refractivity contribution in [2.75, 3.05) is 29.9 Å². The average Bonchev–Trinajstić information content (AvgIpc) is 2.56. The molecule has 1 rings (SSSR count). The maximum Gasteiger partial charge on any atom is 0.321 e. The van der Waals surface area contributed by atoms with E-state index in [1.807, 2.05) is 32.9 Å². The summed E-state index contributed by atoms with van der Waals surface area (Å²) in [5.41, 5.74) is 1.59. The molecule has 7 nitrogen and oxygen atoms in total. The maximum atomic E-state index is 12.0. The van der Waals surface area contributed by atoms with E-state index in [4.69, 9.17) is 5.11 Å². The van der Waals surface area contributed by atoms with E-state index in [2.05, 4.69) is 10.6 Å². The van der Waals surface area contributed by atoms with Crippen molar-refractivity contribution in [2.45, 2.75) is 26.8 Å². The number of amides is 3. The summed E-state index contributed by atoms with van der Waals surface area (Å²) in [5, 5.41) is 14.2. The molecule has 0 saturated carbocycles. The van der Waals surface area contributed by atoms with E-state index in [9.17, 15) is 14.4 Å². The molecule has 0 aliphatic carbocycles. The number of aliphatic carboxylic acids is 1. The predicted octanol–water partition coefficient (Wildman–Crippen LogP) is 2.56. The van der Waals surface area contributed by atoms with E-state index in [0.717, 1.165) is 17.3 Å². The van der Waals surface area contributed by atoms with Crippen LogP contribution < -0.4 is 10.6 Å². The number of carbonyl (C=O) groups is 3. The van der Waals surface area contributed by atoms with Crippen LogP contribution in [0.25, 0.3) is 0 Å². The number of hydrogen-bond acceptors (Lipinski definition) is 4. The highest BCUT2D eigenvalue weighted by atomic mass is 32.2. The molecule has 3 N–H and O–H groups in total. The van der Waals surface area contributed by atoms with Crippen LogP contribution in [0.1, 0.15) is 32.4 Å². The SMILES string of the molecule is CCN(CC)C(=O)Nc1ccc(C(C)NC(=O)CSCC(=O)O)cc1. The first-order chi connectivity index (χ1) is 11.9. The standard InChI is InChI=1S/C17H25N3O4S/c1-4-20(5-2)17(24)19-14-8-6-13(7-9-14)12(3)18-15(21)10-25-11-16(22)23/h6-9,12H,4-5,10-11H2,1-3H3,(H,18,21)(H,19,24)(H,22,23). The number of anilines is 1. The number of urea groups is 1. The fourth-order valence-electron chi connectivity index (χ4n) is 2.17. The lowest BCUT2D eigenvalue weighted by atomic mass is 10.1. The molecule has 1 aromatic rings. The smallest absolute Gasteiger partial charge is 0.321 e. The van der Waals surface area contributed by atoms with Gasteiger partial charge in [-0.1, -0.05) is 12.1 Å². The van der Waals surface area contributed by atoms with Gasteiger partial charge >= 0.3 is 12.0 Å². The first-order valence-electron chi connectivity index (χ1n) is 8.12. The van der Waals surface area contributed by atoms with E-state index in [1.165, 1.54) is 0 Å². The molecule has 25 heavy (non-hydrogen) atoms. The van der Waals surface area contributed by atoms with Gasteiger partial charge in [-0.25, -0.2) is 4.79 Å². The molecule has 0 aliphatic rings. The van der Waals surface area contributed by atoms with E-state index in [-0.39, 0.29) is 29.5 Å². The van der Waals surface area contributed by atoms with Gasteiger partial charge in [0.05, 0.1) is 17.5 Å². The summed E-state index contributed by atoms with van der Waals surface area (Å²) < 4.78 is 0. The Labute approximate surface area is 152 Å². The van der Waals surface area contributed by atoms with Crippen LogP contribution in [0.5, 0.6) is 0 Å². The number of rotatable bonds is 9. The Bertz CT molecular complexity index is 588. The summed E-state index contributed by atoms with van der Waals surface area (Å²) in [5.74, 6) is -1.14. The molecule has 0 radical (unpaired) electrons. The van der Waals surface area contributed by atoms with Crippen molar-refractivity contribution in [3.05, 3.63) is 29.8 Å². The predicted molar refractivity (Wildman–Crippen MR) is 99.9 cm³/mol. The number of carbonyl (C=O) groups excluding carboxylic acids is 2. The molecule has 0 heterocycles. The van der Waals surface area contributed by atoms with Crippen LogP contribution in [0.3, 0.4) is 0 Å². The van der Waals surface area contributed by atoms with Crippen molar-refractivity contribution in [3.8, 4) is 0 Å². The molecule has 1 aromatic carbocycles. The minimum Gasteiger partial charge on any atom is -0.481 e. The highest BCUT2D eigenvalue weighted by molar-refractivity contribution is 8.00. The second-order valence-corrected chi connectivity index (χ2v) is 6.39. The van der Waals surface area contributed by atoms with Crippen molar-refractivity contribution in [2.24, 2.45) is 0 Å². The molecule has 1 unspecified atom stereocenters. The van der Waals surface area contributed by atoms with Gasteiger partial charge in [0.15, 0.2) is 0 Å². The van der Waals surface area contributed by atoms with Gasteiger partial charge in [-0.2, -0.15) is 0 Å². The van der Waals surface area contributed by atoms with Gasteiger partial charge in [-0.3, -0.25) is 9.59 Å². The van der Waals surface area contributed by atoms with Crippen LogP contribution in [-0.2, 0) is 9.59 Å². The normalized spacial score (nSPS) is 11.5. The molecule has 0 fully saturated rings. The summed E-state index contributed by atoms with van der Waals surface area (Å²) in [4.78, 5) is 35.9. The highest BCUT2D eigenvalue weighted by Gasteiger charge is 2.12. The van der Waals surface area contributed by atoms with Crippen LogP contribution in [-0.4, -0.2) is 52.5 Å². The van der Waals surface area contributed by atoms with Gasteiger partial charge in [0, 0.05) is 18.8 Å². The summed E-state index contributed by atoms with van der Waals surface area (Å²) >= 11 is 1.06. The van der Waals surface area contributed by atoms with Crippen LogP contribution >= 0.6 is 11.8 Å². The molecule has 0 bridgehead atoms. The lowest BCUT2D eigenvalue weighted by molar-refractivity contribution is -0.133. The largest absolute Gasteiger partial charge is 0.481 e. The Balaban J connectivity index is 2.53. The highest BCUT2D eigenvalue weighted by Crippen LogP contribution is 2.16. The average molecular weight is 367 g/mol. The summed E-state index contributed by atoms with van der Waals surface area (Å²) in [6.07, 6.45) is 0. The molecule has 8 heteroatoms. The van der Waals surface area contributed by atoms with Crippen molar-refractivity contribution < 1.29 is 19.5 Å².